The van der Waals surface area contributed by atoms with Crippen LogP contribution in [0.4, 0.5) is 0 Å². The molecule has 3 aromatic rings. The first-order valence-corrected chi connectivity index (χ1v) is 10.3. The van der Waals surface area contributed by atoms with E-state index in [4.69, 9.17) is 0 Å². The lowest BCUT2D eigenvalue weighted by Crippen LogP contribution is -2.29. The van der Waals surface area contributed by atoms with Gasteiger partial charge in [0.1, 0.15) is 0 Å². The summed E-state index contributed by atoms with van der Waals surface area (Å²) in [6.45, 7) is 0. The fourth-order valence-electron chi connectivity index (χ4n) is 2.87. The molecule has 6 heteroatoms. The maximum absolute atomic E-state index is 12.9. The van der Waals surface area contributed by atoms with Gasteiger partial charge >= 0.3 is 0 Å². The lowest BCUT2D eigenvalue weighted by molar-refractivity contribution is 0.0942. The van der Waals surface area contributed by atoms with E-state index in [1.807, 2.05) is 60.7 Å². The van der Waals surface area contributed by atoms with E-state index in [1.165, 1.54) is 26.2 Å². The second-order valence-corrected chi connectivity index (χ2v) is 8.69. The topological polar surface area (TPSA) is 66.5 Å². The number of benzene rings is 3. The van der Waals surface area contributed by atoms with Crippen LogP contribution >= 0.6 is 0 Å². The lowest BCUT2D eigenvalue weighted by atomic mass is 9.98. The first kappa shape index (κ1) is 19.8. The Labute approximate surface area is 165 Å². The number of carbonyl (C=O) groups is 1. The monoisotopic (exact) mass is 394 g/mol. The fourth-order valence-corrected chi connectivity index (χ4v) is 3.82. The molecule has 0 aromatic heterocycles. The van der Waals surface area contributed by atoms with Gasteiger partial charge in [-0.1, -0.05) is 66.7 Å². The lowest BCUT2D eigenvalue weighted by Gasteiger charge is -2.20. The number of sulfonamides is 1. The van der Waals surface area contributed by atoms with Gasteiger partial charge in [0.15, 0.2) is 0 Å². The number of amides is 1. The Bertz CT molecular complexity index is 1010. The maximum atomic E-state index is 12.9. The smallest absolute Gasteiger partial charge is 0.252 e. The molecule has 0 aliphatic rings. The molecule has 0 spiro atoms. The number of rotatable bonds is 6. The van der Waals surface area contributed by atoms with E-state index in [0.29, 0.717) is 5.56 Å². The van der Waals surface area contributed by atoms with Crippen molar-refractivity contribution in [1.82, 2.24) is 9.62 Å². The van der Waals surface area contributed by atoms with Gasteiger partial charge in [-0.3, -0.25) is 4.79 Å². The molecule has 0 aliphatic carbocycles. The summed E-state index contributed by atoms with van der Waals surface area (Å²) in [6, 6.07) is 25.0. The summed E-state index contributed by atoms with van der Waals surface area (Å²) in [7, 11) is -0.690. The third-order valence-corrected chi connectivity index (χ3v) is 6.23. The Hall–Kier alpha value is -2.96. The molecule has 0 saturated carbocycles. The van der Waals surface area contributed by atoms with Crippen molar-refractivity contribution in [2.24, 2.45) is 0 Å². The molecule has 144 valence electrons. The highest BCUT2D eigenvalue weighted by molar-refractivity contribution is 7.89. The van der Waals surface area contributed by atoms with Gasteiger partial charge in [-0.2, -0.15) is 0 Å². The van der Waals surface area contributed by atoms with Gasteiger partial charge in [0, 0.05) is 19.7 Å². The molecule has 0 fully saturated rings. The number of nitrogens with one attached hydrogen (secondary N) is 1. The van der Waals surface area contributed by atoms with Gasteiger partial charge in [-0.25, -0.2) is 12.7 Å². The van der Waals surface area contributed by atoms with Crippen LogP contribution < -0.4 is 5.32 Å². The Balaban J connectivity index is 1.93. The Morgan fingerprint density at radius 1 is 0.821 bits per heavy atom. The maximum Gasteiger partial charge on any atom is 0.252 e. The highest BCUT2D eigenvalue weighted by Crippen LogP contribution is 2.23. The summed E-state index contributed by atoms with van der Waals surface area (Å²) in [4.78, 5) is 13.0. The number of hydrogen-bond acceptors (Lipinski definition) is 3. The molecule has 0 radical (unpaired) electrons. The normalized spacial score (nSPS) is 11.6. The van der Waals surface area contributed by atoms with E-state index in [0.717, 1.165) is 15.4 Å². The molecular weight excluding hydrogens is 372 g/mol. The summed E-state index contributed by atoms with van der Waals surface area (Å²) in [6.07, 6.45) is 0. The molecule has 5 nitrogen and oxygen atoms in total. The van der Waals surface area contributed by atoms with Crippen molar-refractivity contribution in [2.75, 3.05) is 14.1 Å². The number of nitrogens with zero attached hydrogens (tertiary/aromatic N) is 1. The molecule has 1 N–H and O–H groups in total. The van der Waals surface area contributed by atoms with Crippen LogP contribution in [0, 0.1) is 0 Å². The van der Waals surface area contributed by atoms with Gasteiger partial charge in [0.05, 0.1) is 10.9 Å². The van der Waals surface area contributed by atoms with Gasteiger partial charge in [0.25, 0.3) is 5.91 Å². The predicted molar refractivity (Wildman–Crippen MR) is 110 cm³/mol. The third kappa shape index (κ3) is 4.30. The van der Waals surface area contributed by atoms with Crippen LogP contribution in [0.1, 0.15) is 27.5 Å². The minimum atomic E-state index is -3.61. The summed E-state index contributed by atoms with van der Waals surface area (Å²) < 4.78 is 25.9. The van der Waals surface area contributed by atoms with E-state index < -0.39 is 10.0 Å². The quantitative estimate of drug-likeness (QED) is 0.696. The largest absolute Gasteiger partial charge is 0.341 e. The van der Waals surface area contributed by atoms with Crippen molar-refractivity contribution in [2.45, 2.75) is 10.9 Å². The van der Waals surface area contributed by atoms with Gasteiger partial charge < -0.3 is 5.32 Å². The molecule has 3 rings (SSSR count). The summed E-state index contributed by atoms with van der Waals surface area (Å²) in [5, 5.41) is 3.03. The summed E-state index contributed by atoms with van der Waals surface area (Å²) in [5.41, 5.74) is 2.18. The van der Waals surface area contributed by atoms with Crippen LogP contribution in [0.15, 0.2) is 89.8 Å². The Morgan fingerprint density at radius 2 is 1.36 bits per heavy atom. The van der Waals surface area contributed by atoms with Crippen molar-refractivity contribution in [1.29, 1.82) is 0 Å². The second kappa shape index (κ2) is 8.37. The minimum Gasteiger partial charge on any atom is -0.341 e. The van der Waals surface area contributed by atoms with Crippen molar-refractivity contribution >= 4 is 15.9 Å². The molecule has 0 aliphatic heterocycles. The molecule has 1 amide bonds. The molecule has 0 unspecified atom stereocenters. The molecular formula is C22H22N2O3S. The average Bonchev–Trinajstić information content (AvgIpc) is 2.73. The first-order chi connectivity index (χ1) is 13.4. The zero-order valence-electron chi connectivity index (χ0n) is 15.7. The summed E-state index contributed by atoms with van der Waals surface area (Å²) in [5.74, 6) is -0.339. The molecule has 0 atom stereocenters. The zero-order valence-corrected chi connectivity index (χ0v) is 16.6. The first-order valence-electron chi connectivity index (χ1n) is 8.83. The van der Waals surface area contributed by atoms with Crippen LogP contribution in [0.5, 0.6) is 0 Å². The number of hydrogen-bond donors (Lipinski definition) is 1. The highest BCUT2D eigenvalue weighted by atomic mass is 32.2. The third-order valence-electron chi connectivity index (χ3n) is 4.42. The second-order valence-electron chi connectivity index (χ2n) is 6.54. The van der Waals surface area contributed by atoms with Crippen LogP contribution in [0.25, 0.3) is 0 Å². The van der Waals surface area contributed by atoms with Crippen LogP contribution in [0.2, 0.25) is 0 Å². The van der Waals surface area contributed by atoms with Crippen LogP contribution in [-0.4, -0.2) is 32.7 Å². The van der Waals surface area contributed by atoms with Gasteiger partial charge in [-0.05, 0) is 29.3 Å². The SMILES string of the molecule is CN(C)S(=O)(=O)c1cccc(C(=O)NC(c2ccccc2)c2ccccc2)c1. The number of carbonyl (C=O) groups excluding carboxylic acids is 1. The zero-order chi connectivity index (χ0) is 20.1. The predicted octanol–water partition coefficient (Wildman–Crippen LogP) is 3.46. The van der Waals surface area contributed by atoms with Gasteiger partial charge in [-0.15, -0.1) is 0 Å². The van der Waals surface area contributed by atoms with Crippen molar-refractivity contribution in [3.8, 4) is 0 Å². The van der Waals surface area contributed by atoms with Crippen molar-refractivity contribution in [3.05, 3.63) is 102 Å². The molecule has 3 aromatic carbocycles. The average molecular weight is 394 g/mol. The highest BCUT2D eigenvalue weighted by Gasteiger charge is 2.21. The van der Waals surface area contributed by atoms with E-state index in [9.17, 15) is 13.2 Å². The Morgan fingerprint density at radius 3 is 1.86 bits per heavy atom. The fraction of sp³-hybridized carbons (Fsp3) is 0.136. The van der Waals surface area contributed by atoms with Crippen LogP contribution in [-0.2, 0) is 10.0 Å². The standard InChI is InChI=1S/C22H22N2O3S/c1-24(2)28(26,27)20-15-9-14-19(16-20)22(25)23-21(17-10-5-3-6-11-17)18-12-7-4-8-13-18/h3-16,21H,1-2H3,(H,23,25). The van der Waals surface area contributed by atoms with E-state index >= 15 is 0 Å². The van der Waals surface area contributed by atoms with Gasteiger partial charge in [0.2, 0.25) is 10.0 Å². The molecule has 0 saturated heterocycles. The molecule has 0 bridgehead atoms. The summed E-state index contributed by atoms with van der Waals surface area (Å²) >= 11 is 0. The van der Waals surface area contributed by atoms with E-state index in [2.05, 4.69) is 5.32 Å². The van der Waals surface area contributed by atoms with Crippen LogP contribution in [0.3, 0.4) is 0 Å². The van der Waals surface area contributed by atoms with E-state index in [1.54, 1.807) is 12.1 Å². The minimum absolute atomic E-state index is 0.0844. The molecule has 28 heavy (non-hydrogen) atoms. The van der Waals surface area contributed by atoms with Crippen molar-refractivity contribution < 1.29 is 13.2 Å². The molecule has 0 heterocycles. The van der Waals surface area contributed by atoms with Crippen molar-refractivity contribution in [3.63, 3.8) is 0 Å². The van der Waals surface area contributed by atoms with E-state index in [-0.39, 0.29) is 16.8 Å². The Kier molecular flexibility index (Phi) is 5.92.